The smallest absolute Gasteiger partial charge is 0.464 e. The Morgan fingerprint density at radius 3 is 1.27 bits per heavy atom. The molecule has 0 spiro atoms. The van der Waals surface area contributed by atoms with Gasteiger partial charge in [0.05, 0.1) is 18.2 Å². The topological polar surface area (TPSA) is 147 Å². The van der Waals surface area contributed by atoms with Crippen molar-refractivity contribution in [2.45, 2.75) is 38.9 Å². The maximum Gasteiger partial charge on any atom is 0.573 e. The fourth-order valence-electron chi connectivity index (χ4n) is 5.70. The Hall–Kier alpha value is -7.71. The molecule has 0 aliphatic carbocycles. The minimum atomic E-state index is -5.17. The minimum Gasteiger partial charge on any atom is -0.464 e. The predicted molar refractivity (Wildman–Crippen MR) is 222 cm³/mol. The average Bonchev–Trinajstić information content (AvgIpc) is 3.25. The van der Waals surface area contributed by atoms with Crippen molar-refractivity contribution < 1.29 is 99.5 Å². The molecule has 0 radical (unpaired) electrons. The van der Waals surface area contributed by atoms with Crippen molar-refractivity contribution in [2.24, 2.45) is 0 Å². The molecule has 376 valence electrons. The third-order valence-corrected chi connectivity index (χ3v) is 9.34. The van der Waals surface area contributed by atoms with Crippen molar-refractivity contribution in [3.05, 3.63) is 153 Å². The van der Waals surface area contributed by atoms with E-state index in [9.17, 15) is 71.5 Å². The molecule has 2 heterocycles. The fourth-order valence-corrected chi connectivity index (χ4v) is 6.03. The summed E-state index contributed by atoms with van der Waals surface area (Å²) in [7, 11) is 1.07. The fraction of sp³-hybridized carbons (Fsp3) is 0.159. The van der Waals surface area contributed by atoms with Gasteiger partial charge in [0.2, 0.25) is 0 Å². The van der Waals surface area contributed by atoms with Gasteiger partial charge >= 0.3 is 31.0 Å². The Balaban J connectivity index is 0.000000265. The number of rotatable bonds is 11. The first-order chi connectivity index (χ1) is 32.9. The summed E-state index contributed by atoms with van der Waals surface area (Å²) >= 11 is 3.09. The first-order valence-corrected chi connectivity index (χ1v) is 19.9. The van der Waals surface area contributed by atoms with Gasteiger partial charge in [0.15, 0.2) is 11.6 Å². The molecule has 2 N–H and O–H groups in total. The highest BCUT2D eigenvalue weighted by molar-refractivity contribution is 9.10. The molecule has 0 bridgehead atoms. The van der Waals surface area contributed by atoms with Gasteiger partial charge in [-0.3, -0.25) is 9.59 Å². The average molecular weight is 1090 g/mol. The number of anilines is 2. The lowest BCUT2D eigenvalue weighted by molar-refractivity contribution is -0.275. The van der Waals surface area contributed by atoms with Crippen molar-refractivity contribution in [1.82, 2.24) is 9.97 Å². The lowest BCUT2D eigenvalue weighted by Gasteiger charge is -2.17. The van der Waals surface area contributed by atoms with Crippen LogP contribution in [0.25, 0.3) is 0 Å². The number of methoxy groups -OCH3 is 1. The molecule has 6 aromatic rings. The van der Waals surface area contributed by atoms with Gasteiger partial charge in [-0.05, 0) is 126 Å². The van der Waals surface area contributed by atoms with Crippen LogP contribution >= 0.6 is 15.9 Å². The van der Waals surface area contributed by atoms with Crippen LogP contribution in [0.3, 0.4) is 0 Å². The third kappa shape index (κ3) is 14.7. The predicted octanol–water partition coefficient (Wildman–Crippen LogP) is 13.5. The molecule has 2 aromatic heterocycles. The Bertz CT molecular complexity index is 2930. The number of alkyl halides is 12. The first kappa shape index (κ1) is 54.2. The Labute approximate surface area is 397 Å². The second-order valence-corrected chi connectivity index (χ2v) is 14.8. The van der Waals surface area contributed by atoms with Crippen LogP contribution in [0.15, 0.2) is 102 Å². The van der Waals surface area contributed by atoms with Gasteiger partial charge in [-0.15, -0.1) is 26.3 Å². The number of hydrogen-bond acceptors (Lipinski definition) is 10. The number of ether oxygens (including phenoxy) is 5. The quantitative estimate of drug-likeness (QED) is 0.0730. The van der Waals surface area contributed by atoms with Crippen LogP contribution < -0.4 is 29.6 Å². The van der Waals surface area contributed by atoms with Crippen molar-refractivity contribution in [3.8, 4) is 34.5 Å². The number of aryl methyl sites for hydroxylation is 2. The second-order valence-electron chi connectivity index (χ2n) is 13.9. The van der Waals surface area contributed by atoms with E-state index in [0.717, 1.165) is 67.8 Å². The largest absolute Gasteiger partial charge is 0.573 e. The van der Waals surface area contributed by atoms with E-state index in [0.29, 0.717) is 28.4 Å². The van der Waals surface area contributed by atoms with Crippen LogP contribution in [-0.4, -0.2) is 47.6 Å². The number of esters is 1. The van der Waals surface area contributed by atoms with E-state index >= 15 is 4.39 Å². The highest BCUT2D eigenvalue weighted by atomic mass is 79.9. The Morgan fingerprint density at radius 2 is 0.901 bits per heavy atom. The SMILES string of the molecule is COC(=O)c1cc(NC(=O)c2c(Oc3ccc(OC(F)(F)F)cc3)ccc(C(F)(F)F)c2F)c(C)cn1.Cc1cnc(Br)cc1NC(=O)c1c(Oc2ccc(OC(F)(F)F)cc2)ccc(C(F)(F)F)c1F. The molecule has 0 saturated carbocycles. The van der Waals surface area contributed by atoms with E-state index in [2.05, 4.69) is 50.7 Å². The zero-order valence-corrected chi connectivity index (χ0v) is 37.2. The molecule has 27 heteroatoms. The number of benzene rings is 4. The van der Waals surface area contributed by atoms with Gasteiger partial charge in [-0.25, -0.2) is 23.5 Å². The maximum atomic E-state index is 15.0. The van der Waals surface area contributed by atoms with Gasteiger partial charge < -0.3 is 34.3 Å². The van der Waals surface area contributed by atoms with Crippen LogP contribution in [0.1, 0.15) is 53.5 Å². The summed E-state index contributed by atoms with van der Waals surface area (Å²) in [5.41, 5.74) is -5.15. The van der Waals surface area contributed by atoms with Crippen LogP contribution in [0.5, 0.6) is 34.5 Å². The number of hydrogen-bond donors (Lipinski definition) is 2. The highest BCUT2D eigenvalue weighted by Gasteiger charge is 2.39. The van der Waals surface area contributed by atoms with Gasteiger partial charge in [-0.1, -0.05) is 0 Å². The molecule has 0 saturated heterocycles. The summed E-state index contributed by atoms with van der Waals surface area (Å²) < 4.78 is 206. The zero-order chi connectivity index (χ0) is 52.8. The van der Waals surface area contributed by atoms with E-state index in [4.69, 9.17) is 9.47 Å². The molecule has 0 atom stereocenters. The van der Waals surface area contributed by atoms with Crippen LogP contribution in [0.4, 0.5) is 72.8 Å². The normalized spacial score (nSPS) is 11.7. The molecule has 2 amide bonds. The summed E-state index contributed by atoms with van der Waals surface area (Å²) in [6.45, 7) is 3.01. The van der Waals surface area contributed by atoms with E-state index < -0.39 is 99.7 Å². The molecule has 0 aliphatic heterocycles. The molecule has 12 nitrogen and oxygen atoms in total. The molecular weight excluding hydrogens is 1060 g/mol. The van der Waals surface area contributed by atoms with Crippen LogP contribution in [0.2, 0.25) is 0 Å². The minimum absolute atomic E-state index is 0.0863. The second kappa shape index (κ2) is 21.5. The molecule has 0 aliphatic rings. The van der Waals surface area contributed by atoms with Crippen molar-refractivity contribution >= 4 is 45.1 Å². The van der Waals surface area contributed by atoms with E-state index in [1.54, 1.807) is 6.92 Å². The summed E-state index contributed by atoms with van der Waals surface area (Å²) in [6.07, 6.45) is -17.6. The first-order valence-electron chi connectivity index (χ1n) is 19.1. The Kier molecular flexibility index (Phi) is 16.4. The van der Waals surface area contributed by atoms with Crippen molar-refractivity contribution in [2.75, 3.05) is 17.7 Å². The van der Waals surface area contributed by atoms with Crippen LogP contribution in [-0.2, 0) is 17.1 Å². The highest BCUT2D eigenvalue weighted by Crippen LogP contribution is 2.40. The van der Waals surface area contributed by atoms with Crippen LogP contribution in [0, 0.1) is 25.5 Å². The van der Waals surface area contributed by atoms with Crippen molar-refractivity contribution in [3.63, 3.8) is 0 Å². The maximum absolute atomic E-state index is 15.0. The summed E-state index contributed by atoms with van der Waals surface area (Å²) in [4.78, 5) is 45.2. The number of nitrogens with zero attached hydrogens (tertiary/aromatic N) is 2. The molecule has 4 aromatic carbocycles. The van der Waals surface area contributed by atoms with E-state index in [1.165, 1.54) is 25.4 Å². The number of amides is 2. The van der Waals surface area contributed by atoms with Gasteiger partial charge in [-0.2, -0.15) is 26.3 Å². The monoisotopic (exact) mass is 1080 g/mol. The third-order valence-electron chi connectivity index (χ3n) is 8.91. The molecule has 71 heavy (non-hydrogen) atoms. The summed E-state index contributed by atoms with van der Waals surface area (Å²) in [5.74, 6) is -10.3. The summed E-state index contributed by atoms with van der Waals surface area (Å²) in [5, 5.41) is 4.51. The lowest BCUT2D eigenvalue weighted by Crippen LogP contribution is -2.19. The van der Waals surface area contributed by atoms with E-state index in [-0.39, 0.29) is 34.1 Å². The number of carbonyl (C=O) groups excluding carboxylic acids is 3. The standard InChI is InChI=1S/C23H15F7N2O5.C21H12BrF7N2O3/c1-11-10-31-16(21(34)35-2)9-15(11)32-20(33)18-17(8-7-14(19(18)24)22(25,26)27)36-12-3-5-13(6-4-12)37-23(28,29)30;1-10-9-30-16(22)8-14(10)31-19(32)17-15(7-6-13(18(17)23)20(24,25)26)33-11-2-4-12(5-3-11)34-21(27,28)29/h3-10H,1-2H3,(H,31,32,33);2-9H,1H3,(H,30,31,32). The van der Waals surface area contributed by atoms with Crippen molar-refractivity contribution in [1.29, 1.82) is 0 Å². The molecule has 0 fully saturated rings. The number of halogens is 15. The van der Waals surface area contributed by atoms with E-state index in [1.807, 2.05) is 0 Å². The van der Waals surface area contributed by atoms with Gasteiger partial charge in [0.25, 0.3) is 11.8 Å². The zero-order valence-electron chi connectivity index (χ0n) is 35.6. The number of nitrogens with one attached hydrogen (secondary N) is 2. The molecular formula is C44H27BrF14N4O8. The number of pyridine rings is 2. The lowest BCUT2D eigenvalue weighted by atomic mass is 10.1. The summed E-state index contributed by atoms with van der Waals surface area (Å²) in [6, 6.07) is 12.0. The van der Waals surface area contributed by atoms with Gasteiger partial charge in [0.1, 0.15) is 55.9 Å². The molecule has 0 unspecified atom stereocenters. The van der Waals surface area contributed by atoms with Gasteiger partial charge in [0, 0.05) is 23.8 Å². The number of carbonyl (C=O) groups is 3. The molecule has 6 rings (SSSR count). The Morgan fingerprint density at radius 1 is 0.535 bits per heavy atom. The number of aromatic nitrogens is 2.